The number of rotatable bonds is 6. The predicted octanol–water partition coefficient (Wildman–Crippen LogP) is 1.41. The van der Waals surface area contributed by atoms with Gasteiger partial charge in [0.15, 0.2) is 0 Å². The van der Waals surface area contributed by atoms with Gasteiger partial charge in [0.1, 0.15) is 0 Å². The van der Waals surface area contributed by atoms with Gasteiger partial charge in [0.05, 0.1) is 6.10 Å². The third-order valence-electron chi connectivity index (χ3n) is 1.27. The smallest absolute Gasteiger partial charge is 0.0518 e. The first-order valence-corrected chi connectivity index (χ1v) is 4.03. The Morgan fingerprint density at radius 2 is 2.00 bits per heavy atom. The van der Waals surface area contributed by atoms with Gasteiger partial charge in [0.25, 0.3) is 0 Å². The molecule has 10 heavy (non-hydrogen) atoms. The summed E-state index contributed by atoms with van der Waals surface area (Å²) in [7, 11) is 1.98. The highest BCUT2D eigenvalue weighted by Gasteiger charge is 1.91. The Labute approximate surface area is 64.0 Å². The molecule has 0 aliphatic heterocycles. The zero-order valence-electron chi connectivity index (χ0n) is 7.31. The molecule has 0 saturated heterocycles. The maximum atomic E-state index is 5.36. The summed E-state index contributed by atoms with van der Waals surface area (Å²) in [6, 6.07) is 0. The van der Waals surface area contributed by atoms with E-state index < -0.39 is 0 Å². The Bertz CT molecular complexity index is 64.3. The van der Waals surface area contributed by atoms with Gasteiger partial charge in [-0.3, -0.25) is 0 Å². The first kappa shape index (κ1) is 9.92. The molecule has 0 aromatic carbocycles. The normalized spacial score (nSPS) is 10.8. The molecule has 0 rings (SSSR count). The Morgan fingerprint density at radius 1 is 1.30 bits per heavy atom. The highest BCUT2D eigenvalue weighted by Crippen LogP contribution is 1.92. The van der Waals surface area contributed by atoms with E-state index in [9.17, 15) is 0 Å². The van der Waals surface area contributed by atoms with Crippen molar-refractivity contribution in [2.24, 2.45) is 0 Å². The van der Waals surface area contributed by atoms with Gasteiger partial charge in [-0.1, -0.05) is 0 Å². The van der Waals surface area contributed by atoms with Crippen molar-refractivity contribution in [3.63, 3.8) is 0 Å². The maximum absolute atomic E-state index is 5.36. The van der Waals surface area contributed by atoms with Gasteiger partial charge >= 0.3 is 0 Å². The lowest BCUT2D eigenvalue weighted by Crippen LogP contribution is -2.10. The van der Waals surface area contributed by atoms with E-state index in [-0.39, 0.29) is 0 Å². The molecule has 62 valence electrons. The van der Waals surface area contributed by atoms with Crippen LogP contribution in [0.25, 0.3) is 0 Å². The monoisotopic (exact) mass is 145 g/mol. The Kier molecular flexibility index (Phi) is 6.98. The second kappa shape index (κ2) is 7.03. The van der Waals surface area contributed by atoms with Crippen LogP contribution in [-0.4, -0.2) is 26.3 Å². The van der Waals surface area contributed by atoms with Gasteiger partial charge < -0.3 is 10.1 Å². The molecule has 0 bridgehead atoms. The summed E-state index contributed by atoms with van der Waals surface area (Å²) >= 11 is 0. The third kappa shape index (κ3) is 7.92. The molecule has 0 aliphatic rings. The summed E-state index contributed by atoms with van der Waals surface area (Å²) in [5.74, 6) is 0. The SMILES string of the molecule is CNCCCCOC(C)C. The Balaban J connectivity index is 2.77. The lowest BCUT2D eigenvalue weighted by Gasteiger charge is -2.06. The van der Waals surface area contributed by atoms with Gasteiger partial charge in [-0.05, 0) is 40.3 Å². The summed E-state index contributed by atoms with van der Waals surface area (Å²) in [5.41, 5.74) is 0. The zero-order chi connectivity index (χ0) is 7.82. The van der Waals surface area contributed by atoms with E-state index in [1.165, 1.54) is 12.8 Å². The molecular formula is C8H19NO. The van der Waals surface area contributed by atoms with Crippen molar-refractivity contribution in [1.82, 2.24) is 5.32 Å². The van der Waals surface area contributed by atoms with Crippen LogP contribution in [-0.2, 0) is 4.74 Å². The van der Waals surface area contributed by atoms with Crippen molar-refractivity contribution in [2.45, 2.75) is 32.8 Å². The van der Waals surface area contributed by atoms with Crippen LogP contribution >= 0.6 is 0 Å². The van der Waals surface area contributed by atoms with Crippen LogP contribution < -0.4 is 5.32 Å². The minimum absolute atomic E-state index is 0.384. The highest BCUT2D eigenvalue weighted by molar-refractivity contribution is 4.43. The summed E-state index contributed by atoms with van der Waals surface area (Å²) in [6.07, 6.45) is 2.76. The fraction of sp³-hybridized carbons (Fsp3) is 1.00. The fourth-order valence-electron chi connectivity index (χ4n) is 0.723. The number of ether oxygens (including phenoxy) is 1. The molecule has 0 saturated carbocycles. The molecule has 0 aromatic rings. The molecule has 1 N–H and O–H groups in total. The largest absolute Gasteiger partial charge is 0.379 e. The van der Waals surface area contributed by atoms with Crippen LogP contribution in [0.1, 0.15) is 26.7 Å². The summed E-state index contributed by atoms with van der Waals surface area (Å²) in [4.78, 5) is 0. The molecule has 0 aromatic heterocycles. The second-order valence-electron chi connectivity index (χ2n) is 2.73. The summed E-state index contributed by atoms with van der Waals surface area (Å²) in [6.45, 7) is 6.14. The van der Waals surface area contributed by atoms with E-state index in [0.29, 0.717) is 6.10 Å². The van der Waals surface area contributed by atoms with Gasteiger partial charge in [-0.15, -0.1) is 0 Å². The molecule has 0 heterocycles. The number of unbranched alkanes of at least 4 members (excludes halogenated alkanes) is 1. The maximum Gasteiger partial charge on any atom is 0.0518 e. The van der Waals surface area contributed by atoms with Crippen LogP contribution in [0.2, 0.25) is 0 Å². The van der Waals surface area contributed by atoms with Crippen LogP contribution in [0, 0.1) is 0 Å². The van der Waals surface area contributed by atoms with E-state index >= 15 is 0 Å². The molecule has 0 amide bonds. The quantitative estimate of drug-likeness (QED) is 0.571. The van der Waals surface area contributed by atoms with Gasteiger partial charge in [0, 0.05) is 6.61 Å². The predicted molar refractivity (Wildman–Crippen MR) is 44.2 cm³/mol. The third-order valence-corrected chi connectivity index (χ3v) is 1.27. The second-order valence-corrected chi connectivity index (χ2v) is 2.73. The van der Waals surface area contributed by atoms with E-state index in [0.717, 1.165) is 13.2 Å². The molecule has 0 fully saturated rings. The van der Waals surface area contributed by atoms with Crippen molar-refractivity contribution in [1.29, 1.82) is 0 Å². The van der Waals surface area contributed by atoms with Gasteiger partial charge in [-0.25, -0.2) is 0 Å². The molecule has 0 aliphatic carbocycles. The Morgan fingerprint density at radius 3 is 2.50 bits per heavy atom. The van der Waals surface area contributed by atoms with Crippen molar-refractivity contribution in [3.05, 3.63) is 0 Å². The lowest BCUT2D eigenvalue weighted by atomic mass is 10.3. The van der Waals surface area contributed by atoms with Crippen LogP contribution in [0.15, 0.2) is 0 Å². The van der Waals surface area contributed by atoms with E-state index in [4.69, 9.17) is 4.74 Å². The molecule has 2 heteroatoms. The van der Waals surface area contributed by atoms with Crippen molar-refractivity contribution >= 4 is 0 Å². The van der Waals surface area contributed by atoms with Gasteiger partial charge in [0.2, 0.25) is 0 Å². The molecule has 0 atom stereocenters. The first-order chi connectivity index (χ1) is 4.77. The molecule has 0 radical (unpaired) electrons. The summed E-state index contributed by atoms with van der Waals surface area (Å²) < 4.78 is 5.36. The first-order valence-electron chi connectivity index (χ1n) is 4.03. The van der Waals surface area contributed by atoms with Crippen molar-refractivity contribution < 1.29 is 4.74 Å². The topological polar surface area (TPSA) is 21.3 Å². The van der Waals surface area contributed by atoms with Crippen LogP contribution in [0.4, 0.5) is 0 Å². The minimum Gasteiger partial charge on any atom is -0.379 e. The molecule has 2 nitrogen and oxygen atoms in total. The number of hydrogen-bond donors (Lipinski definition) is 1. The minimum atomic E-state index is 0.384. The fourth-order valence-corrected chi connectivity index (χ4v) is 0.723. The van der Waals surface area contributed by atoms with Crippen LogP contribution in [0.5, 0.6) is 0 Å². The standard InChI is InChI=1S/C8H19NO/c1-8(2)10-7-5-4-6-9-3/h8-9H,4-7H2,1-3H3. The zero-order valence-corrected chi connectivity index (χ0v) is 7.31. The summed E-state index contributed by atoms with van der Waals surface area (Å²) in [5, 5.41) is 3.10. The number of nitrogens with one attached hydrogen (secondary N) is 1. The average molecular weight is 145 g/mol. The number of hydrogen-bond acceptors (Lipinski definition) is 2. The van der Waals surface area contributed by atoms with E-state index in [2.05, 4.69) is 19.2 Å². The van der Waals surface area contributed by atoms with Crippen molar-refractivity contribution in [2.75, 3.05) is 20.2 Å². The average Bonchev–Trinajstić information content (AvgIpc) is 1.87. The Hall–Kier alpha value is -0.0800. The highest BCUT2D eigenvalue weighted by atomic mass is 16.5. The van der Waals surface area contributed by atoms with Crippen molar-refractivity contribution in [3.8, 4) is 0 Å². The lowest BCUT2D eigenvalue weighted by molar-refractivity contribution is 0.0761. The van der Waals surface area contributed by atoms with Crippen LogP contribution in [0.3, 0.4) is 0 Å². The molecular weight excluding hydrogens is 126 g/mol. The van der Waals surface area contributed by atoms with E-state index in [1.807, 2.05) is 7.05 Å². The van der Waals surface area contributed by atoms with Gasteiger partial charge in [-0.2, -0.15) is 0 Å². The molecule has 0 spiro atoms. The van der Waals surface area contributed by atoms with E-state index in [1.54, 1.807) is 0 Å². The molecule has 0 unspecified atom stereocenters.